The average Bonchev–Trinajstić information content (AvgIpc) is 2.93. The molecular weight excluding hydrogens is 312 g/mol. The minimum atomic E-state index is -0.481. The first-order valence-electron chi connectivity index (χ1n) is 7.16. The predicted molar refractivity (Wildman–Crippen MR) is 85.5 cm³/mol. The summed E-state index contributed by atoms with van der Waals surface area (Å²) in [5.41, 5.74) is 1.10. The van der Waals surface area contributed by atoms with E-state index in [1.165, 1.54) is 37.5 Å². The Balaban J connectivity index is 2.08. The number of benzene rings is 1. The van der Waals surface area contributed by atoms with Gasteiger partial charge in [0, 0.05) is 35.4 Å². The summed E-state index contributed by atoms with van der Waals surface area (Å²) in [6.45, 7) is 3.09. The monoisotopic (exact) mass is 326 g/mol. The van der Waals surface area contributed by atoms with Gasteiger partial charge in [0.15, 0.2) is 0 Å². The number of anilines is 2. The third-order valence-corrected chi connectivity index (χ3v) is 3.83. The van der Waals surface area contributed by atoms with Crippen molar-refractivity contribution in [2.45, 2.75) is 13.8 Å². The standard InChI is InChI=1S/C17H14N2O5/c1-9-4-14(20)18(16(9)22)11-6-12(8-13(7-11)24-3)19-15(21)5-10(2)17(19)23/h4-8H,1-3H3. The second-order valence-corrected chi connectivity index (χ2v) is 5.50. The highest BCUT2D eigenvalue weighted by Gasteiger charge is 2.33. The van der Waals surface area contributed by atoms with Gasteiger partial charge in [-0.2, -0.15) is 0 Å². The molecule has 1 aromatic carbocycles. The predicted octanol–water partition coefficient (Wildman–Crippen LogP) is 1.33. The van der Waals surface area contributed by atoms with E-state index in [-0.39, 0.29) is 11.4 Å². The van der Waals surface area contributed by atoms with Crippen molar-refractivity contribution >= 4 is 35.0 Å². The number of hydrogen-bond donors (Lipinski definition) is 0. The molecule has 122 valence electrons. The number of ether oxygens (including phenoxy) is 1. The molecule has 24 heavy (non-hydrogen) atoms. The van der Waals surface area contributed by atoms with Crippen molar-refractivity contribution in [3.05, 3.63) is 41.5 Å². The van der Waals surface area contributed by atoms with Crippen LogP contribution in [0.25, 0.3) is 0 Å². The molecule has 7 nitrogen and oxygen atoms in total. The van der Waals surface area contributed by atoms with Gasteiger partial charge in [0.1, 0.15) is 5.75 Å². The highest BCUT2D eigenvalue weighted by molar-refractivity contribution is 6.32. The summed E-state index contributed by atoms with van der Waals surface area (Å²) in [5.74, 6) is -1.55. The third-order valence-electron chi connectivity index (χ3n) is 3.83. The van der Waals surface area contributed by atoms with Gasteiger partial charge in [-0.25, -0.2) is 9.80 Å². The summed E-state index contributed by atoms with van der Waals surface area (Å²) < 4.78 is 5.18. The van der Waals surface area contributed by atoms with Crippen LogP contribution in [0.3, 0.4) is 0 Å². The fourth-order valence-electron chi connectivity index (χ4n) is 2.61. The lowest BCUT2D eigenvalue weighted by Gasteiger charge is -2.20. The van der Waals surface area contributed by atoms with Crippen LogP contribution in [-0.2, 0) is 19.2 Å². The lowest BCUT2D eigenvalue weighted by atomic mass is 10.2. The molecule has 2 aliphatic rings. The molecule has 2 aliphatic heterocycles. The summed E-state index contributed by atoms with van der Waals surface area (Å²) in [6, 6.07) is 4.43. The molecule has 0 saturated heterocycles. The van der Waals surface area contributed by atoms with Crippen molar-refractivity contribution in [1.82, 2.24) is 0 Å². The van der Waals surface area contributed by atoms with E-state index in [0.717, 1.165) is 9.80 Å². The molecule has 0 aromatic heterocycles. The van der Waals surface area contributed by atoms with E-state index in [9.17, 15) is 19.2 Å². The van der Waals surface area contributed by atoms with Crippen molar-refractivity contribution in [2.24, 2.45) is 0 Å². The molecule has 0 unspecified atom stereocenters. The molecule has 0 radical (unpaired) electrons. The summed E-state index contributed by atoms with van der Waals surface area (Å²) in [7, 11) is 1.41. The van der Waals surface area contributed by atoms with Gasteiger partial charge >= 0.3 is 0 Å². The number of methoxy groups -OCH3 is 1. The van der Waals surface area contributed by atoms with Crippen LogP contribution in [0, 0.1) is 0 Å². The van der Waals surface area contributed by atoms with Gasteiger partial charge in [0.25, 0.3) is 23.6 Å². The lowest BCUT2D eigenvalue weighted by Crippen LogP contribution is -2.32. The number of rotatable bonds is 3. The van der Waals surface area contributed by atoms with Gasteiger partial charge in [-0.1, -0.05) is 0 Å². The van der Waals surface area contributed by atoms with E-state index < -0.39 is 23.6 Å². The van der Waals surface area contributed by atoms with E-state index in [1.54, 1.807) is 13.8 Å². The van der Waals surface area contributed by atoms with Crippen molar-refractivity contribution in [3.8, 4) is 5.75 Å². The Morgan fingerprint density at radius 3 is 1.46 bits per heavy atom. The van der Waals surface area contributed by atoms with Crippen LogP contribution >= 0.6 is 0 Å². The molecule has 0 aliphatic carbocycles. The second kappa shape index (κ2) is 5.45. The van der Waals surface area contributed by atoms with Crippen LogP contribution in [0.2, 0.25) is 0 Å². The van der Waals surface area contributed by atoms with Crippen molar-refractivity contribution < 1.29 is 23.9 Å². The van der Waals surface area contributed by atoms with E-state index >= 15 is 0 Å². The van der Waals surface area contributed by atoms with Crippen LogP contribution < -0.4 is 14.5 Å². The van der Waals surface area contributed by atoms with E-state index in [1.807, 2.05) is 0 Å². The Morgan fingerprint density at radius 2 is 1.17 bits per heavy atom. The van der Waals surface area contributed by atoms with Gasteiger partial charge in [-0.3, -0.25) is 19.2 Å². The van der Waals surface area contributed by atoms with E-state index in [0.29, 0.717) is 16.9 Å². The van der Waals surface area contributed by atoms with Crippen LogP contribution in [0.15, 0.2) is 41.5 Å². The van der Waals surface area contributed by atoms with E-state index in [2.05, 4.69) is 0 Å². The number of imide groups is 2. The van der Waals surface area contributed by atoms with Gasteiger partial charge in [0.2, 0.25) is 0 Å². The normalized spacial score (nSPS) is 17.6. The highest BCUT2D eigenvalue weighted by atomic mass is 16.5. The van der Waals surface area contributed by atoms with Crippen molar-refractivity contribution in [2.75, 3.05) is 16.9 Å². The maximum atomic E-state index is 12.2. The maximum absolute atomic E-state index is 12.2. The summed E-state index contributed by atoms with van der Waals surface area (Å²) in [6.07, 6.45) is 2.47. The minimum absolute atomic E-state index is 0.234. The third kappa shape index (κ3) is 2.30. The molecule has 2 heterocycles. The molecule has 0 bridgehead atoms. The minimum Gasteiger partial charge on any atom is -0.497 e. The molecule has 0 fully saturated rings. The zero-order valence-corrected chi connectivity index (χ0v) is 13.3. The van der Waals surface area contributed by atoms with Crippen LogP contribution in [0.4, 0.5) is 11.4 Å². The Kier molecular flexibility index (Phi) is 3.56. The molecule has 0 spiro atoms. The Labute approximate surface area is 137 Å². The van der Waals surface area contributed by atoms with Crippen LogP contribution in [0.5, 0.6) is 5.75 Å². The van der Waals surface area contributed by atoms with Gasteiger partial charge in [-0.05, 0) is 19.9 Å². The van der Waals surface area contributed by atoms with Crippen molar-refractivity contribution in [3.63, 3.8) is 0 Å². The fourth-order valence-corrected chi connectivity index (χ4v) is 2.61. The molecule has 0 N–H and O–H groups in total. The van der Waals surface area contributed by atoms with Crippen LogP contribution in [0.1, 0.15) is 13.8 Å². The number of carbonyl (C=O) groups excluding carboxylic acids is 4. The summed E-state index contributed by atoms with van der Waals surface area (Å²) >= 11 is 0. The zero-order valence-electron chi connectivity index (χ0n) is 13.3. The van der Waals surface area contributed by atoms with Crippen molar-refractivity contribution in [1.29, 1.82) is 0 Å². The molecular formula is C17H14N2O5. The Morgan fingerprint density at radius 1 is 0.750 bits per heavy atom. The lowest BCUT2D eigenvalue weighted by molar-refractivity contribution is -0.121. The average molecular weight is 326 g/mol. The second-order valence-electron chi connectivity index (χ2n) is 5.50. The maximum Gasteiger partial charge on any atom is 0.261 e. The first-order valence-corrected chi connectivity index (χ1v) is 7.16. The first-order chi connectivity index (χ1) is 11.3. The smallest absolute Gasteiger partial charge is 0.261 e. The van der Waals surface area contributed by atoms with Crippen LogP contribution in [-0.4, -0.2) is 30.7 Å². The quantitative estimate of drug-likeness (QED) is 0.783. The molecule has 1 aromatic rings. The number of amides is 4. The first kappa shape index (κ1) is 15.7. The summed E-state index contributed by atoms with van der Waals surface area (Å²) in [5, 5.41) is 0. The molecule has 0 saturated carbocycles. The van der Waals surface area contributed by atoms with E-state index in [4.69, 9.17) is 4.74 Å². The molecule has 7 heteroatoms. The number of carbonyl (C=O) groups is 4. The summed E-state index contributed by atoms with van der Waals surface area (Å²) in [4.78, 5) is 50.4. The topological polar surface area (TPSA) is 84.0 Å². The molecule has 4 amide bonds. The molecule has 3 rings (SSSR count). The molecule has 0 atom stereocenters. The highest BCUT2D eigenvalue weighted by Crippen LogP contribution is 2.33. The number of nitrogens with zero attached hydrogens (tertiary/aromatic N) is 2. The van der Waals surface area contributed by atoms with Gasteiger partial charge < -0.3 is 4.74 Å². The Bertz CT molecular complexity index is 799. The SMILES string of the molecule is COc1cc(N2C(=O)C=C(C)C2=O)cc(N2C(=O)C=C(C)C2=O)c1. The fraction of sp³-hybridized carbons (Fsp3) is 0.176. The largest absolute Gasteiger partial charge is 0.497 e. The van der Waals surface area contributed by atoms with Gasteiger partial charge in [0.05, 0.1) is 18.5 Å². The van der Waals surface area contributed by atoms with Gasteiger partial charge in [-0.15, -0.1) is 0 Å². The number of hydrogen-bond acceptors (Lipinski definition) is 5. The Hall–Kier alpha value is -3.22. The zero-order chi connectivity index (χ0) is 17.6.